The minimum Gasteiger partial charge on any atom is -0.310 e. The second kappa shape index (κ2) is 6.70. The molecule has 1 aromatic rings. The van der Waals surface area contributed by atoms with E-state index in [0.29, 0.717) is 30.1 Å². The fourth-order valence-corrected chi connectivity index (χ4v) is 3.62. The lowest BCUT2D eigenvalue weighted by atomic mass is 10.1. The van der Waals surface area contributed by atoms with Crippen LogP contribution in [0.2, 0.25) is 0 Å². The van der Waals surface area contributed by atoms with Crippen LogP contribution in [0, 0.1) is 5.92 Å². The largest absolute Gasteiger partial charge is 0.310 e. The molecule has 8 heteroatoms. The van der Waals surface area contributed by atoms with E-state index < -0.39 is 10.0 Å². The van der Waals surface area contributed by atoms with E-state index >= 15 is 0 Å². The van der Waals surface area contributed by atoms with Crippen LogP contribution < -0.4 is 9.62 Å². The predicted octanol–water partition coefficient (Wildman–Crippen LogP) is 1.69. The number of carbonyl (C=O) groups excluding carboxylic acids is 2. The summed E-state index contributed by atoms with van der Waals surface area (Å²) in [5, 5.41) is 0.0324. The van der Waals surface area contributed by atoms with Gasteiger partial charge in [-0.05, 0) is 18.1 Å². The molecular formula is C14H18N2O4S2. The maximum atomic E-state index is 12.2. The van der Waals surface area contributed by atoms with Crippen LogP contribution in [0.25, 0.3) is 0 Å². The quantitative estimate of drug-likeness (QED) is 0.880. The zero-order valence-corrected chi connectivity index (χ0v) is 14.0. The highest BCUT2D eigenvalue weighted by atomic mass is 32.2. The lowest BCUT2D eigenvalue weighted by Gasteiger charge is -2.20. The van der Waals surface area contributed by atoms with Crippen LogP contribution in [0.3, 0.4) is 0 Å². The minimum absolute atomic E-state index is 0.0324. The third-order valence-corrected chi connectivity index (χ3v) is 4.85. The second-order valence-electron chi connectivity index (χ2n) is 5.27. The van der Waals surface area contributed by atoms with Crippen LogP contribution in [0.15, 0.2) is 24.3 Å². The third kappa shape index (κ3) is 4.48. The van der Waals surface area contributed by atoms with Gasteiger partial charge in [0.1, 0.15) is 0 Å². The van der Waals surface area contributed by atoms with E-state index in [4.69, 9.17) is 0 Å². The molecule has 1 aliphatic rings. The SMILES string of the molecule is CC(=O)SCC1CC(=O)N(c2ccccc2NS(C)(=O)=O)C1. The molecule has 2 rings (SSSR count). The van der Waals surface area contributed by atoms with Crippen LogP contribution in [-0.4, -0.2) is 38.0 Å². The first kappa shape index (κ1) is 16.8. The van der Waals surface area contributed by atoms with Crippen molar-refractivity contribution in [1.82, 2.24) is 0 Å². The van der Waals surface area contributed by atoms with E-state index in [0.717, 1.165) is 6.26 Å². The molecule has 22 heavy (non-hydrogen) atoms. The first-order chi connectivity index (χ1) is 10.3. The van der Waals surface area contributed by atoms with E-state index in [1.165, 1.54) is 18.7 Å². The fraction of sp³-hybridized carbons (Fsp3) is 0.429. The summed E-state index contributed by atoms with van der Waals surface area (Å²) in [6.45, 7) is 1.99. The summed E-state index contributed by atoms with van der Waals surface area (Å²) in [7, 11) is -3.42. The fourth-order valence-electron chi connectivity index (χ4n) is 2.36. The highest BCUT2D eigenvalue weighted by Crippen LogP contribution is 2.32. The van der Waals surface area contributed by atoms with Crippen molar-refractivity contribution in [3.8, 4) is 0 Å². The van der Waals surface area contributed by atoms with Crippen LogP contribution in [0.5, 0.6) is 0 Å². The molecule has 1 aliphatic heterocycles. The molecule has 1 fully saturated rings. The summed E-state index contributed by atoms with van der Waals surface area (Å²) < 4.78 is 25.3. The summed E-state index contributed by atoms with van der Waals surface area (Å²) >= 11 is 1.21. The zero-order valence-electron chi connectivity index (χ0n) is 12.4. The number of thioether (sulfide) groups is 1. The Morgan fingerprint density at radius 1 is 1.41 bits per heavy atom. The molecule has 1 saturated heterocycles. The van der Waals surface area contributed by atoms with Gasteiger partial charge in [-0.25, -0.2) is 8.42 Å². The van der Waals surface area contributed by atoms with Gasteiger partial charge >= 0.3 is 0 Å². The smallest absolute Gasteiger partial charge is 0.229 e. The van der Waals surface area contributed by atoms with Crippen molar-refractivity contribution in [1.29, 1.82) is 0 Å². The molecule has 0 bridgehead atoms. The summed E-state index contributed by atoms with van der Waals surface area (Å²) in [6, 6.07) is 6.81. The molecule has 0 spiro atoms. The molecule has 1 atom stereocenters. The predicted molar refractivity (Wildman–Crippen MR) is 88.5 cm³/mol. The van der Waals surface area contributed by atoms with Crippen molar-refractivity contribution in [3.05, 3.63) is 24.3 Å². The van der Waals surface area contributed by atoms with Crippen LogP contribution in [0.1, 0.15) is 13.3 Å². The van der Waals surface area contributed by atoms with Gasteiger partial charge in [0.2, 0.25) is 15.9 Å². The molecule has 1 amide bonds. The van der Waals surface area contributed by atoms with E-state index in [1.807, 2.05) is 0 Å². The third-order valence-electron chi connectivity index (χ3n) is 3.22. The number of hydrogen-bond acceptors (Lipinski definition) is 5. The monoisotopic (exact) mass is 342 g/mol. The maximum Gasteiger partial charge on any atom is 0.229 e. The molecule has 0 radical (unpaired) electrons. The van der Waals surface area contributed by atoms with Crippen molar-refractivity contribution >= 4 is 44.2 Å². The number of rotatable bonds is 5. The number of anilines is 2. The van der Waals surface area contributed by atoms with Gasteiger partial charge in [0, 0.05) is 25.6 Å². The Balaban J connectivity index is 2.18. The molecule has 1 N–H and O–H groups in total. The first-order valence-corrected chi connectivity index (χ1v) is 9.64. The minimum atomic E-state index is -3.42. The maximum absolute atomic E-state index is 12.2. The van der Waals surface area contributed by atoms with Crippen molar-refractivity contribution in [3.63, 3.8) is 0 Å². The molecule has 1 unspecified atom stereocenters. The Bertz CT molecular complexity index is 688. The topological polar surface area (TPSA) is 83.6 Å². The Hall–Kier alpha value is -1.54. The number of nitrogens with one attached hydrogen (secondary N) is 1. The van der Waals surface area contributed by atoms with Crippen LogP contribution in [0.4, 0.5) is 11.4 Å². The van der Waals surface area contributed by atoms with Gasteiger partial charge in [0.25, 0.3) is 0 Å². The standard InChI is InChI=1S/C14H18N2O4S2/c1-10(17)21-9-11-7-14(18)16(8-11)13-6-4-3-5-12(13)15-22(2,19)20/h3-6,11,15H,7-9H2,1-2H3. The molecule has 0 aliphatic carbocycles. The van der Waals surface area contributed by atoms with Gasteiger partial charge in [-0.3, -0.25) is 14.3 Å². The molecule has 6 nitrogen and oxygen atoms in total. The number of carbonyl (C=O) groups is 2. The van der Waals surface area contributed by atoms with Gasteiger partial charge in [0.15, 0.2) is 5.12 Å². The summed E-state index contributed by atoms with van der Waals surface area (Å²) in [4.78, 5) is 24.8. The van der Waals surface area contributed by atoms with Gasteiger partial charge < -0.3 is 4.90 Å². The van der Waals surface area contributed by atoms with Crippen molar-refractivity contribution in [2.24, 2.45) is 5.92 Å². The Kier molecular flexibility index (Phi) is 5.12. The number of benzene rings is 1. The van der Waals surface area contributed by atoms with Gasteiger partial charge in [-0.1, -0.05) is 23.9 Å². The second-order valence-corrected chi connectivity index (χ2v) is 8.21. The van der Waals surface area contributed by atoms with E-state index in [-0.39, 0.29) is 16.9 Å². The number of nitrogens with zero attached hydrogens (tertiary/aromatic N) is 1. The zero-order chi connectivity index (χ0) is 16.3. The number of amides is 1. The van der Waals surface area contributed by atoms with Crippen molar-refractivity contribution in [2.75, 3.05) is 28.2 Å². The Labute approximate surface area is 134 Å². The summed E-state index contributed by atoms with van der Waals surface area (Å²) in [6.07, 6.45) is 1.44. The van der Waals surface area contributed by atoms with E-state index in [9.17, 15) is 18.0 Å². The van der Waals surface area contributed by atoms with E-state index in [2.05, 4.69) is 4.72 Å². The van der Waals surface area contributed by atoms with Crippen molar-refractivity contribution < 1.29 is 18.0 Å². The molecule has 1 heterocycles. The molecule has 120 valence electrons. The lowest BCUT2D eigenvalue weighted by Crippen LogP contribution is -2.26. The number of hydrogen-bond donors (Lipinski definition) is 1. The Morgan fingerprint density at radius 3 is 2.73 bits per heavy atom. The number of sulfonamides is 1. The normalized spacial score (nSPS) is 18.5. The first-order valence-electron chi connectivity index (χ1n) is 6.77. The van der Waals surface area contributed by atoms with Crippen LogP contribution in [-0.2, 0) is 19.6 Å². The number of para-hydroxylation sites is 2. The molecule has 1 aromatic carbocycles. The van der Waals surface area contributed by atoms with Gasteiger partial charge in [-0.2, -0.15) is 0 Å². The molecule has 0 saturated carbocycles. The molecular weight excluding hydrogens is 324 g/mol. The van der Waals surface area contributed by atoms with Gasteiger partial charge in [0.05, 0.1) is 17.6 Å². The van der Waals surface area contributed by atoms with Crippen LogP contribution >= 0.6 is 11.8 Å². The highest BCUT2D eigenvalue weighted by molar-refractivity contribution is 8.13. The lowest BCUT2D eigenvalue weighted by molar-refractivity contribution is -0.117. The highest BCUT2D eigenvalue weighted by Gasteiger charge is 2.32. The average Bonchev–Trinajstić information content (AvgIpc) is 2.76. The average molecular weight is 342 g/mol. The van der Waals surface area contributed by atoms with E-state index in [1.54, 1.807) is 29.2 Å². The summed E-state index contributed by atoms with van der Waals surface area (Å²) in [5.74, 6) is 0.629. The summed E-state index contributed by atoms with van der Waals surface area (Å²) in [5.41, 5.74) is 0.937. The van der Waals surface area contributed by atoms with Crippen molar-refractivity contribution in [2.45, 2.75) is 13.3 Å². The Morgan fingerprint density at radius 2 is 2.09 bits per heavy atom. The van der Waals surface area contributed by atoms with Gasteiger partial charge in [-0.15, -0.1) is 0 Å². The molecule has 0 aromatic heterocycles.